The summed E-state index contributed by atoms with van der Waals surface area (Å²) in [6.45, 7) is 5.89. The van der Waals surface area contributed by atoms with Gasteiger partial charge in [0.25, 0.3) is 0 Å². The molecule has 6 nitrogen and oxygen atoms in total. The van der Waals surface area contributed by atoms with Crippen LogP contribution in [-0.2, 0) is 14.3 Å². The van der Waals surface area contributed by atoms with Crippen molar-refractivity contribution in [3.8, 4) is 0 Å². The second kappa shape index (κ2) is 5.35. The number of rotatable bonds is 1. The Bertz CT molecular complexity index is 297. The van der Waals surface area contributed by atoms with Crippen molar-refractivity contribution in [2.24, 2.45) is 0 Å². The highest BCUT2D eigenvalue weighted by Crippen LogP contribution is 2.16. The molecule has 0 bridgehead atoms. The van der Waals surface area contributed by atoms with Crippen LogP contribution in [0.5, 0.6) is 0 Å². The summed E-state index contributed by atoms with van der Waals surface area (Å²) in [6.07, 6.45) is -0.439. The fourth-order valence-corrected chi connectivity index (χ4v) is 1.50. The summed E-state index contributed by atoms with van der Waals surface area (Å²) in [4.78, 5) is 24.0. The summed E-state index contributed by atoms with van der Waals surface area (Å²) in [5.74, 6) is -1.17. The van der Waals surface area contributed by atoms with Crippen LogP contribution in [0.3, 0.4) is 0 Å². The molecule has 0 aromatic heterocycles. The number of ether oxygens (including phenoxy) is 2. The topological polar surface area (TPSA) is 76.1 Å². The summed E-state index contributed by atoms with van der Waals surface area (Å²) >= 11 is 0. The molecule has 1 fully saturated rings. The molecule has 0 aromatic rings. The standard InChI is InChI=1S/C11H19NO5/c1-11(2,3)17-10(15)12-6-4-5-7-16-8(12)9(13)14/h8H,4-7H2,1-3H3,(H,13,14)/t8-/m1/s1. The molecule has 0 unspecified atom stereocenters. The fourth-order valence-electron chi connectivity index (χ4n) is 1.50. The highest BCUT2D eigenvalue weighted by Gasteiger charge is 2.34. The monoisotopic (exact) mass is 245 g/mol. The number of amides is 1. The van der Waals surface area contributed by atoms with Gasteiger partial charge in [0.15, 0.2) is 0 Å². The first-order valence-corrected chi connectivity index (χ1v) is 5.65. The lowest BCUT2D eigenvalue weighted by Crippen LogP contribution is -2.48. The Balaban J connectivity index is 2.75. The third-order valence-electron chi connectivity index (χ3n) is 2.19. The predicted octanol–water partition coefficient (Wildman–Crippen LogP) is 1.44. The van der Waals surface area contributed by atoms with Gasteiger partial charge in [-0.15, -0.1) is 0 Å². The summed E-state index contributed by atoms with van der Waals surface area (Å²) in [6, 6.07) is 0. The molecule has 0 aliphatic carbocycles. The quantitative estimate of drug-likeness (QED) is 0.756. The zero-order valence-electron chi connectivity index (χ0n) is 10.4. The van der Waals surface area contributed by atoms with Gasteiger partial charge in [-0.05, 0) is 33.6 Å². The summed E-state index contributed by atoms with van der Waals surface area (Å²) in [5, 5.41) is 9.01. The molecule has 17 heavy (non-hydrogen) atoms. The van der Waals surface area contributed by atoms with Crippen LogP contribution in [0.4, 0.5) is 4.79 Å². The Morgan fingerprint density at radius 1 is 1.35 bits per heavy atom. The van der Waals surface area contributed by atoms with Gasteiger partial charge in [-0.25, -0.2) is 9.59 Å². The summed E-state index contributed by atoms with van der Waals surface area (Å²) < 4.78 is 10.3. The largest absolute Gasteiger partial charge is 0.478 e. The molecule has 1 rings (SSSR count). The molecular weight excluding hydrogens is 226 g/mol. The van der Waals surface area contributed by atoms with Crippen molar-refractivity contribution < 1.29 is 24.2 Å². The van der Waals surface area contributed by atoms with Crippen LogP contribution in [0.1, 0.15) is 33.6 Å². The van der Waals surface area contributed by atoms with Crippen molar-refractivity contribution in [3.63, 3.8) is 0 Å². The van der Waals surface area contributed by atoms with E-state index in [0.29, 0.717) is 19.6 Å². The van der Waals surface area contributed by atoms with Crippen molar-refractivity contribution in [2.75, 3.05) is 13.2 Å². The lowest BCUT2D eigenvalue weighted by atomic mass is 10.2. The Kier molecular flexibility index (Phi) is 4.34. The third-order valence-corrected chi connectivity index (χ3v) is 2.19. The number of carboxylic acid groups (broad SMARTS) is 1. The molecule has 0 spiro atoms. The van der Waals surface area contributed by atoms with E-state index in [9.17, 15) is 9.59 Å². The molecule has 98 valence electrons. The molecule has 1 aliphatic rings. The van der Waals surface area contributed by atoms with E-state index in [0.717, 1.165) is 11.3 Å². The molecular formula is C11H19NO5. The lowest BCUT2D eigenvalue weighted by molar-refractivity contribution is -0.161. The zero-order valence-corrected chi connectivity index (χ0v) is 10.4. The number of aliphatic carboxylic acids is 1. The fraction of sp³-hybridized carbons (Fsp3) is 0.818. The number of nitrogens with zero attached hydrogens (tertiary/aromatic N) is 1. The van der Waals surface area contributed by atoms with Gasteiger partial charge in [-0.3, -0.25) is 4.90 Å². The molecule has 0 saturated carbocycles. The number of carboxylic acids is 1. The molecule has 1 saturated heterocycles. The van der Waals surface area contributed by atoms with Crippen molar-refractivity contribution >= 4 is 12.1 Å². The van der Waals surface area contributed by atoms with Gasteiger partial charge in [0, 0.05) is 13.2 Å². The smallest absolute Gasteiger partial charge is 0.412 e. The Morgan fingerprint density at radius 3 is 2.53 bits per heavy atom. The molecule has 0 radical (unpaired) electrons. The number of hydrogen-bond donors (Lipinski definition) is 1. The van der Waals surface area contributed by atoms with E-state index < -0.39 is 23.9 Å². The van der Waals surface area contributed by atoms with E-state index in [1.807, 2.05) is 0 Å². The zero-order chi connectivity index (χ0) is 13.1. The normalized spacial score (nSPS) is 21.8. The minimum Gasteiger partial charge on any atom is -0.478 e. The van der Waals surface area contributed by atoms with Crippen molar-refractivity contribution in [3.05, 3.63) is 0 Å². The summed E-state index contributed by atoms with van der Waals surface area (Å²) in [7, 11) is 0. The SMILES string of the molecule is CC(C)(C)OC(=O)N1CCCCO[C@@H]1C(=O)O. The second-order valence-electron chi connectivity index (χ2n) is 4.94. The minimum atomic E-state index is -1.24. The lowest BCUT2D eigenvalue weighted by Gasteiger charge is -2.29. The first kappa shape index (κ1) is 13.8. The maximum Gasteiger partial charge on any atom is 0.412 e. The average molecular weight is 245 g/mol. The van der Waals surface area contributed by atoms with Gasteiger partial charge in [-0.1, -0.05) is 0 Å². The van der Waals surface area contributed by atoms with E-state index in [4.69, 9.17) is 14.6 Å². The third kappa shape index (κ3) is 4.22. The van der Waals surface area contributed by atoms with Gasteiger partial charge in [0.05, 0.1) is 0 Å². The number of hydrogen-bond acceptors (Lipinski definition) is 4. The van der Waals surface area contributed by atoms with Gasteiger partial charge in [0.2, 0.25) is 6.23 Å². The predicted molar refractivity (Wildman–Crippen MR) is 59.5 cm³/mol. The molecule has 1 N–H and O–H groups in total. The van der Waals surface area contributed by atoms with Crippen molar-refractivity contribution in [1.29, 1.82) is 0 Å². The van der Waals surface area contributed by atoms with Crippen LogP contribution in [0.25, 0.3) is 0 Å². The molecule has 1 amide bonds. The maximum atomic E-state index is 11.8. The van der Waals surface area contributed by atoms with Crippen LogP contribution in [0.2, 0.25) is 0 Å². The van der Waals surface area contributed by atoms with Crippen LogP contribution in [-0.4, -0.2) is 47.0 Å². The first-order chi connectivity index (χ1) is 7.81. The van der Waals surface area contributed by atoms with Crippen LogP contribution in [0.15, 0.2) is 0 Å². The summed E-state index contributed by atoms with van der Waals surface area (Å²) in [5.41, 5.74) is -0.646. The minimum absolute atomic E-state index is 0.339. The molecule has 6 heteroatoms. The van der Waals surface area contributed by atoms with Crippen LogP contribution in [0, 0.1) is 0 Å². The van der Waals surface area contributed by atoms with Crippen molar-refractivity contribution in [2.45, 2.75) is 45.4 Å². The van der Waals surface area contributed by atoms with Crippen LogP contribution >= 0.6 is 0 Å². The molecule has 1 aliphatic heterocycles. The Labute approximate surface area is 100 Å². The number of carbonyl (C=O) groups excluding carboxylic acids is 1. The van der Waals surface area contributed by atoms with Crippen molar-refractivity contribution in [1.82, 2.24) is 4.90 Å². The molecule has 1 atom stereocenters. The van der Waals surface area contributed by atoms with E-state index in [1.54, 1.807) is 20.8 Å². The molecule has 1 heterocycles. The highest BCUT2D eigenvalue weighted by atomic mass is 16.6. The highest BCUT2D eigenvalue weighted by molar-refractivity contribution is 5.79. The second-order valence-corrected chi connectivity index (χ2v) is 4.94. The van der Waals surface area contributed by atoms with Gasteiger partial charge < -0.3 is 14.6 Å². The van der Waals surface area contributed by atoms with E-state index in [1.165, 1.54) is 0 Å². The van der Waals surface area contributed by atoms with E-state index >= 15 is 0 Å². The number of carbonyl (C=O) groups is 2. The first-order valence-electron chi connectivity index (χ1n) is 5.65. The van der Waals surface area contributed by atoms with Gasteiger partial charge in [0.1, 0.15) is 5.60 Å². The Hall–Kier alpha value is -1.30. The van der Waals surface area contributed by atoms with E-state index in [-0.39, 0.29) is 0 Å². The van der Waals surface area contributed by atoms with Crippen LogP contribution < -0.4 is 0 Å². The molecule has 0 aromatic carbocycles. The van der Waals surface area contributed by atoms with Gasteiger partial charge in [-0.2, -0.15) is 0 Å². The van der Waals surface area contributed by atoms with E-state index in [2.05, 4.69) is 0 Å². The average Bonchev–Trinajstić information content (AvgIpc) is 2.39. The van der Waals surface area contributed by atoms with Gasteiger partial charge >= 0.3 is 12.1 Å². The maximum absolute atomic E-state index is 11.8. The Morgan fingerprint density at radius 2 is 2.00 bits per heavy atom.